The van der Waals surface area contributed by atoms with Crippen LogP contribution in [0.2, 0.25) is 0 Å². The van der Waals surface area contributed by atoms with Crippen LogP contribution in [-0.4, -0.2) is 20.3 Å². The highest BCUT2D eigenvalue weighted by atomic mass is 32.2. The lowest BCUT2D eigenvalue weighted by Gasteiger charge is -1.92. The first-order valence-corrected chi connectivity index (χ1v) is 8.61. The van der Waals surface area contributed by atoms with E-state index in [1.165, 1.54) is 11.8 Å². The molecule has 0 aliphatic rings. The molecule has 23 heavy (non-hydrogen) atoms. The molecule has 0 unspecified atom stereocenters. The van der Waals surface area contributed by atoms with Gasteiger partial charge in [-0.15, -0.1) is 21.5 Å². The highest BCUT2D eigenvalue weighted by Gasteiger charge is 2.12. The number of aromatic nitrogens is 4. The Kier molecular flexibility index (Phi) is 3.91. The Balaban J connectivity index is 1.43. The lowest BCUT2D eigenvalue weighted by molar-refractivity contribution is 0.427. The Morgan fingerprint density at radius 3 is 2.87 bits per heavy atom. The first-order chi connectivity index (χ1) is 11.4. The van der Waals surface area contributed by atoms with Gasteiger partial charge >= 0.3 is 0 Å². The monoisotopic (exact) mass is 342 g/mol. The fourth-order valence-electron chi connectivity index (χ4n) is 1.93. The molecule has 0 radical (unpaired) electrons. The molecule has 0 aliphatic carbocycles. The Morgan fingerprint density at radius 2 is 2.04 bits per heavy atom. The van der Waals surface area contributed by atoms with Gasteiger partial charge in [0.05, 0.1) is 10.6 Å². The second-order valence-electron chi connectivity index (χ2n) is 4.56. The molecule has 4 heterocycles. The third kappa shape index (κ3) is 3.17. The third-order valence-corrected chi connectivity index (χ3v) is 4.74. The minimum absolute atomic E-state index is 0.481. The van der Waals surface area contributed by atoms with Crippen molar-refractivity contribution in [1.29, 1.82) is 0 Å². The van der Waals surface area contributed by atoms with Crippen molar-refractivity contribution in [3.8, 4) is 22.1 Å². The predicted octanol–water partition coefficient (Wildman–Crippen LogP) is 4.14. The van der Waals surface area contributed by atoms with Gasteiger partial charge in [-0.05, 0) is 23.6 Å². The lowest BCUT2D eigenvalue weighted by Crippen LogP contribution is -1.79. The van der Waals surface area contributed by atoms with Gasteiger partial charge in [-0.2, -0.15) is 0 Å². The third-order valence-electron chi connectivity index (χ3n) is 3.00. The van der Waals surface area contributed by atoms with Crippen LogP contribution in [-0.2, 0) is 5.75 Å². The van der Waals surface area contributed by atoms with Crippen LogP contribution >= 0.6 is 23.1 Å². The smallest absolute Gasteiger partial charge is 0.277 e. The first-order valence-electron chi connectivity index (χ1n) is 6.75. The summed E-state index contributed by atoms with van der Waals surface area (Å²) in [5, 5.41) is 14.6. The predicted molar refractivity (Wildman–Crippen MR) is 86.9 cm³/mol. The van der Waals surface area contributed by atoms with Crippen molar-refractivity contribution >= 4 is 23.1 Å². The van der Waals surface area contributed by atoms with Gasteiger partial charge in [0.15, 0.2) is 5.76 Å². The number of thiophene rings is 1. The van der Waals surface area contributed by atoms with Gasteiger partial charge in [-0.25, -0.2) is 0 Å². The molecule has 0 saturated heterocycles. The molecule has 0 spiro atoms. The fraction of sp³-hybridized carbons (Fsp3) is 0.0667. The number of nitrogens with zero attached hydrogens (tertiary/aromatic N) is 4. The molecule has 8 heteroatoms. The Hall–Kier alpha value is -2.45. The molecular formula is C15H10N4O2S2. The van der Waals surface area contributed by atoms with Crippen LogP contribution in [0.3, 0.4) is 0 Å². The minimum atomic E-state index is 0.481. The van der Waals surface area contributed by atoms with Crippen molar-refractivity contribution in [2.75, 3.05) is 0 Å². The normalized spacial score (nSPS) is 11.0. The summed E-state index contributed by atoms with van der Waals surface area (Å²) in [6.07, 6.45) is 3.38. The van der Waals surface area contributed by atoms with Gasteiger partial charge in [0.2, 0.25) is 5.89 Å². The number of thioether (sulfide) groups is 1. The first kappa shape index (κ1) is 14.2. The van der Waals surface area contributed by atoms with Crippen molar-refractivity contribution < 1.29 is 8.94 Å². The summed E-state index contributed by atoms with van der Waals surface area (Å²) in [5.74, 6) is 1.86. The van der Waals surface area contributed by atoms with E-state index in [0.29, 0.717) is 16.9 Å². The standard InChI is InChI=1S/C15H10N4O2S2/c1-2-13(22-7-1)12-8-11(19-21-12)9-23-15-18-17-14(20-15)10-3-5-16-6-4-10/h1-8H,9H2. The molecule has 114 valence electrons. The zero-order valence-electron chi connectivity index (χ0n) is 11.7. The fourth-order valence-corrected chi connectivity index (χ4v) is 3.25. The molecule has 0 amide bonds. The summed E-state index contributed by atoms with van der Waals surface area (Å²) in [6, 6.07) is 9.57. The van der Waals surface area contributed by atoms with Crippen LogP contribution in [0.5, 0.6) is 0 Å². The lowest BCUT2D eigenvalue weighted by atomic mass is 10.3. The Labute approximate surface area is 139 Å². The Bertz CT molecular complexity index is 887. The second kappa shape index (κ2) is 6.35. The van der Waals surface area contributed by atoms with Crippen molar-refractivity contribution in [1.82, 2.24) is 20.3 Å². The molecule has 0 aliphatic heterocycles. The van der Waals surface area contributed by atoms with Gasteiger partial charge in [0.1, 0.15) is 0 Å². The highest BCUT2D eigenvalue weighted by molar-refractivity contribution is 7.98. The maximum atomic E-state index is 5.63. The van der Waals surface area contributed by atoms with Crippen molar-refractivity contribution in [2.24, 2.45) is 0 Å². The Morgan fingerprint density at radius 1 is 1.13 bits per heavy atom. The zero-order valence-corrected chi connectivity index (χ0v) is 13.4. The second-order valence-corrected chi connectivity index (χ2v) is 6.43. The van der Waals surface area contributed by atoms with Crippen LogP contribution < -0.4 is 0 Å². The molecule has 0 aromatic carbocycles. The van der Waals surface area contributed by atoms with E-state index in [4.69, 9.17) is 8.94 Å². The topological polar surface area (TPSA) is 77.8 Å². The van der Waals surface area contributed by atoms with E-state index >= 15 is 0 Å². The van der Waals surface area contributed by atoms with E-state index < -0.39 is 0 Å². The van der Waals surface area contributed by atoms with E-state index in [2.05, 4.69) is 20.3 Å². The molecule has 4 aromatic heterocycles. The van der Waals surface area contributed by atoms with Crippen LogP contribution in [0.1, 0.15) is 5.69 Å². The van der Waals surface area contributed by atoms with Crippen LogP contribution in [0.15, 0.2) is 62.3 Å². The van der Waals surface area contributed by atoms with Gasteiger partial charge in [-0.3, -0.25) is 4.98 Å². The van der Waals surface area contributed by atoms with E-state index in [1.54, 1.807) is 23.7 Å². The van der Waals surface area contributed by atoms with Crippen LogP contribution in [0.25, 0.3) is 22.1 Å². The molecule has 0 atom stereocenters. The van der Waals surface area contributed by atoms with Gasteiger partial charge in [-0.1, -0.05) is 23.0 Å². The quantitative estimate of drug-likeness (QED) is 0.504. The summed E-state index contributed by atoms with van der Waals surface area (Å²) < 4.78 is 11.0. The van der Waals surface area contributed by atoms with Crippen molar-refractivity contribution in [3.05, 3.63) is 53.8 Å². The number of hydrogen-bond acceptors (Lipinski definition) is 8. The van der Waals surface area contributed by atoms with Crippen LogP contribution in [0.4, 0.5) is 0 Å². The van der Waals surface area contributed by atoms with Crippen LogP contribution in [0, 0.1) is 0 Å². The minimum Gasteiger partial charge on any atom is -0.411 e. The average Bonchev–Trinajstić information content (AvgIpc) is 3.33. The summed E-state index contributed by atoms with van der Waals surface area (Å²) in [5.41, 5.74) is 1.68. The molecule has 0 saturated carbocycles. The summed E-state index contributed by atoms with van der Waals surface area (Å²) in [6.45, 7) is 0. The summed E-state index contributed by atoms with van der Waals surface area (Å²) in [7, 11) is 0. The number of hydrogen-bond donors (Lipinski definition) is 0. The SMILES string of the molecule is c1csc(-c2cc(CSc3nnc(-c4ccncc4)o3)no2)c1. The molecule has 0 N–H and O–H groups in total. The average molecular weight is 342 g/mol. The van der Waals surface area contributed by atoms with Gasteiger partial charge in [0, 0.05) is 29.8 Å². The van der Waals surface area contributed by atoms with Gasteiger partial charge in [0.25, 0.3) is 5.22 Å². The van der Waals surface area contributed by atoms with Crippen molar-refractivity contribution in [2.45, 2.75) is 11.0 Å². The van der Waals surface area contributed by atoms with E-state index in [9.17, 15) is 0 Å². The molecule has 4 aromatic rings. The van der Waals surface area contributed by atoms with E-state index in [1.807, 2.05) is 35.7 Å². The van der Waals surface area contributed by atoms with E-state index in [-0.39, 0.29) is 0 Å². The highest BCUT2D eigenvalue weighted by Crippen LogP contribution is 2.28. The molecule has 4 rings (SSSR count). The largest absolute Gasteiger partial charge is 0.411 e. The number of pyridine rings is 1. The molecule has 6 nitrogen and oxygen atoms in total. The van der Waals surface area contributed by atoms with Gasteiger partial charge < -0.3 is 8.94 Å². The maximum absolute atomic E-state index is 5.63. The number of rotatable bonds is 5. The summed E-state index contributed by atoms with van der Waals surface area (Å²) in [4.78, 5) is 5.03. The molecule has 0 fully saturated rings. The van der Waals surface area contributed by atoms with E-state index in [0.717, 1.165) is 21.9 Å². The summed E-state index contributed by atoms with van der Waals surface area (Å²) >= 11 is 3.04. The zero-order chi connectivity index (χ0) is 15.5. The van der Waals surface area contributed by atoms with Crippen molar-refractivity contribution in [3.63, 3.8) is 0 Å². The maximum Gasteiger partial charge on any atom is 0.277 e. The molecular weight excluding hydrogens is 332 g/mol. The molecule has 0 bridgehead atoms.